The Morgan fingerprint density at radius 2 is 1.85 bits per heavy atom. The fraction of sp³-hybridized carbons (Fsp3) is 0.308. The maximum absolute atomic E-state index is 13.4. The first-order chi connectivity index (χ1) is 15.8. The number of fused-ring (bicyclic) bond motifs is 1. The molecule has 33 heavy (non-hydrogen) atoms. The van der Waals surface area contributed by atoms with Crippen LogP contribution in [-0.2, 0) is 11.2 Å². The number of halogens is 1. The molecule has 7 heteroatoms. The molecular weight excluding hydrogens is 436 g/mol. The first-order valence-corrected chi connectivity index (χ1v) is 11.3. The molecule has 1 aromatic heterocycles. The predicted molar refractivity (Wildman–Crippen MR) is 130 cm³/mol. The quantitative estimate of drug-likeness (QED) is 0.467. The minimum absolute atomic E-state index is 0.107. The van der Waals surface area contributed by atoms with Crippen LogP contribution in [0.1, 0.15) is 46.4 Å². The largest absolute Gasteiger partial charge is 0.356 e. The van der Waals surface area contributed by atoms with Gasteiger partial charge in [-0.25, -0.2) is 0 Å². The van der Waals surface area contributed by atoms with Gasteiger partial charge in [-0.1, -0.05) is 23.7 Å². The Kier molecular flexibility index (Phi) is 6.35. The third-order valence-corrected chi connectivity index (χ3v) is 6.28. The van der Waals surface area contributed by atoms with Crippen molar-refractivity contribution in [2.24, 2.45) is 10.2 Å². The number of hydrogen-bond acceptors (Lipinski definition) is 4. The first-order valence-electron chi connectivity index (χ1n) is 10.9. The molecule has 0 aliphatic carbocycles. The van der Waals surface area contributed by atoms with Crippen LogP contribution in [0.3, 0.4) is 0 Å². The summed E-state index contributed by atoms with van der Waals surface area (Å²) in [6, 6.07) is 12.8. The van der Waals surface area contributed by atoms with Crippen molar-refractivity contribution in [1.82, 2.24) is 9.88 Å². The Labute approximate surface area is 198 Å². The lowest BCUT2D eigenvalue weighted by molar-refractivity contribution is -0.120. The Hall–Kier alpha value is -3.43. The number of rotatable bonds is 8. The molecule has 0 saturated heterocycles. The lowest BCUT2D eigenvalue weighted by Crippen LogP contribution is -2.29. The maximum atomic E-state index is 13.4. The van der Waals surface area contributed by atoms with Crippen LogP contribution in [0.4, 0.5) is 0 Å². The normalized spacial score (nSPS) is 13.6. The van der Waals surface area contributed by atoms with Crippen molar-refractivity contribution < 1.29 is 9.59 Å². The topological polar surface area (TPSA) is 75.8 Å². The number of benzene rings is 2. The third-order valence-electron chi connectivity index (χ3n) is 6.02. The maximum Gasteiger partial charge on any atom is 0.262 e. The molecule has 3 aromatic rings. The molecule has 1 aliphatic heterocycles. The molecule has 0 fully saturated rings. The Balaban J connectivity index is 1.55. The van der Waals surface area contributed by atoms with Gasteiger partial charge >= 0.3 is 0 Å². The number of nitrogens with one attached hydrogen (secondary N) is 1. The van der Waals surface area contributed by atoms with Gasteiger partial charge in [0.2, 0.25) is 5.91 Å². The second-order valence-corrected chi connectivity index (χ2v) is 8.83. The zero-order valence-corrected chi connectivity index (χ0v) is 19.4. The van der Waals surface area contributed by atoms with E-state index in [2.05, 4.69) is 21.5 Å². The van der Waals surface area contributed by atoms with E-state index in [1.54, 1.807) is 28.8 Å². The summed E-state index contributed by atoms with van der Waals surface area (Å²) >= 11 is 5.99. The molecule has 168 valence electrons. The molecule has 1 aliphatic rings. The summed E-state index contributed by atoms with van der Waals surface area (Å²) in [5, 5.41) is 12.6. The molecule has 1 N–H and O–H groups in total. The van der Waals surface area contributed by atoms with Crippen LogP contribution in [-0.4, -0.2) is 28.6 Å². The lowest BCUT2D eigenvalue weighted by Gasteiger charge is -2.10. The first kappa shape index (κ1) is 22.8. The SMILES string of the molecule is C#CCCC1(CCNC(=O)Cc2c(C)n(C(=O)c3ccc(Cl)cc3)c3cc(C)ccc23)N=N1. The predicted octanol–water partition coefficient (Wildman–Crippen LogP) is 5.22. The number of terminal acetylenes is 1. The van der Waals surface area contributed by atoms with E-state index < -0.39 is 5.66 Å². The second kappa shape index (κ2) is 9.21. The van der Waals surface area contributed by atoms with Gasteiger partial charge in [-0.2, -0.15) is 10.2 Å². The summed E-state index contributed by atoms with van der Waals surface area (Å²) in [5.41, 5.74) is 3.53. The number of amides is 1. The summed E-state index contributed by atoms with van der Waals surface area (Å²) in [6.07, 6.45) is 7.46. The Morgan fingerprint density at radius 1 is 1.12 bits per heavy atom. The average Bonchev–Trinajstić information content (AvgIpc) is 3.51. The van der Waals surface area contributed by atoms with E-state index >= 15 is 0 Å². The standard InChI is InChI=1S/C26H25ClN4O2/c1-4-5-12-26(29-30-26)13-14-28-24(32)16-22-18(3)31(23-15-17(2)6-11-21(22)23)25(33)19-7-9-20(27)10-8-19/h1,6-11,15H,5,12-14,16H2,2-3H3,(H,28,32). The molecule has 2 aromatic carbocycles. The number of carbonyl (C=O) groups excluding carboxylic acids is 2. The average molecular weight is 461 g/mol. The number of nitrogens with zero attached hydrogens (tertiary/aromatic N) is 3. The summed E-state index contributed by atoms with van der Waals surface area (Å²) in [5.74, 6) is 2.34. The fourth-order valence-electron chi connectivity index (χ4n) is 4.09. The van der Waals surface area contributed by atoms with Gasteiger partial charge in [0, 0.05) is 47.5 Å². The molecule has 0 unspecified atom stereocenters. The van der Waals surface area contributed by atoms with Crippen LogP contribution in [0.15, 0.2) is 52.7 Å². The number of carbonyl (C=O) groups is 2. The minimum atomic E-state index is -0.423. The molecule has 0 bridgehead atoms. The number of aromatic nitrogens is 1. The Bertz CT molecular complexity index is 1290. The van der Waals surface area contributed by atoms with Crippen LogP contribution in [0, 0.1) is 26.2 Å². The van der Waals surface area contributed by atoms with Crippen molar-refractivity contribution in [1.29, 1.82) is 0 Å². The molecule has 0 spiro atoms. The van der Waals surface area contributed by atoms with Crippen molar-refractivity contribution in [2.75, 3.05) is 6.54 Å². The zero-order chi connectivity index (χ0) is 23.6. The Morgan fingerprint density at radius 3 is 2.52 bits per heavy atom. The van der Waals surface area contributed by atoms with Crippen LogP contribution in [0.5, 0.6) is 0 Å². The summed E-state index contributed by atoms with van der Waals surface area (Å²) in [4.78, 5) is 26.1. The van der Waals surface area contributed by atoms with E-state index in [0.717, 1.165) is 27.7 Å². The highest BCUT2D eigenvalue weighted by molar-refractivity contribution is 6.30. The van der Waals surface area contributed by atoms with Crippen molar-refractivity contribution in [3.63, 3.8) is 0 Å². The molecule has 1 amide bonds. The van der Waals surface area contributed by atoms with Gasteiger partial charge in [0.1, 0.15) is 0 Å². The van der Waals surface area contributed by atoms with Gasteiger partial charge in [0.15, 0.2) is 5.66 Å². The van der Waals surface area contributed by atoms with Crippen LogP contribution >= 0.6 is 11.6 Å². The highest BCUT2D eigenvalue weighted by atomic mass is 35.5. The van der Waals surface area contributed by atoms with Gasteiger partial charge in [-0.3, -0.25) is 14.2 Å². The molecule has 0 saturated carbocycles. The third kappa shape index (κ3) is 4.84. The lowest BCUT2D eigenvalue weighted by atomic mass is 10.0. The summed E-state index contributed by atoms with van der Waals surface area (Å²) in [6.45, 7) is 4.33. The smallest absolute Gasteiger partial charge is 0.262 e. The van der Waals surface area contributed by atoms with Gasteiger partial charge in [-0.15, -0.1) is 12.3 Å². The van der Waals surface area contributed by atoms with Crippen molar-refractivity contribution in [3.8, 4) is 12.3 Å². The van der Waals surface area contributed by atoms with Gasteiger partial charge in [-0.05, 0) is 55.3 Å². The molecular formula is C26H25ClN4O2. The molecule has 4 rings (SSSR count). The van der Waals surface area contributed by atoms with Crippen LogP contribution in [0.2, 0.25) is 5.02 Å². The zero-order valence-electron chi connectivity index (χ0n) is 18.7. The second-order valence-electron chi connectivity index (χ2n) is 8.40. The fourth-order valence-corrected chi connectivity index (χ4v) is 4.22. The monoisotopic (exact) mass is 460 g/mol. The van der Waals surface area contributed by atoms with Crippen LogP contribution in [0.25, 0.3) is 10.9 Å². The molecule has 0 atom stereocenters. The van der Waals surface area contributed by atoms with E-state index in [1.165, 1.54) is 0 Å². The molecule has 2 heterocycles. The van der Waals surface area contributed by atoms with Crippen LogP contribution < -0.4 is 5.32 Å². The molecule has 6 nitrogen and oxygen atoms in total. The van der Waals surface area contributed by atoms with Crippen molar-refractivity contribution in [3.05, 3.63) is 69.9 Å². The molecule has 0 radical (unpaired) electrons. The summed E-state index contributed by atoms with van der Waals surface area (Å²) < 4.78 is 1.69. The number of aryl methyl sites for hydroxylation is 1. The van der Waals surface area contributed by atoms with Gasteiger partial charge < -0.3 is 5.32 Å². The van der Waals surface area contributed by atoms with Gasteiger partial charge in [0.05, 0.1) is 11.9 Å². The number of hydrogen-bond donors (Lipinski definition) is 1. The van der Waals surface area contributed by atoms with E-state index in [9.17, 15) is 9.59 Å². The van der Waals surface area contributed by atoms with E-state index in [0.29, 0.717) is 36.4 Å². The highest BCUT2D eigenvalue weighted by Crippen LogP contribution is 2.36. The highest BCUT2D eigenvalue weighted by Gasteiger charge is 2.38. The summed E-state index contributed by atoms with van der Waals surface area (Å²) in [7, 11) is 0. The van der Waals surface area contributed by atoms with Crippen molar-refractivity contribution >= 4 is 34.3 Å². The minimum Gasteiger partial charge on any atom is -0.356 e. The van der Waals surface area contributed by atoms with Gasteiger partial charge in [0.25, 0.3) is 5.91 Å². The van der Waals surface area contributed by atoms with E-state index in [1.807, 2.05) is 32.0 Å². The van der Waals surface area contributed by atoms with E-state index in [-0.39, 0.29) is 18.2 Å². The van der Waals surface area contributed by atoms with Crippen molar-refractivity contribution in [2.45, 2.75) is 45.2 Å². The van der Waals surface area contributed by atoms with E-state index in [4.69, 9.17) is 18.0 Å².